The van der Waals surface area contributed by atoms with Crippen molar-refractivity contribution in [3.05, 3.63) is 0 Å². The zero-order valence-corrected chi connectivity index (χ0v) is 12.0. The molecule has 19 heavy (non-hydrogen) atoms. The van der Waals surface area contributed by atoms with Crippen molar-refractivity contribution in [3.63, 3.8) is 0 Å². The third-order valence-electron chi connectivity index (χ3n) is 4.27. The predicted molar refractivity (Wildman–Crippen MR) is 76.0 cm³/mol. The SMILES string of the molecule is O=C(COCC1CCNCC1)NC1CCCCCC1. The van der Waals surface area contributed by atoms with Gasteiger partial charge in [0.05, 0.1) is 6.61 Å². The van der Waals surface area contributed by atoms with Crippen molar-refractivity contribution in [2.45, 2.75) is 57.4 Å². The molecule has 1 aliphatic carbocycles. The van der Waals surface area contributed by atoms with Gasteiger partial charge in [-0.15, -0.1) is 0 Å². The van der Waals surface area contributed by atoms with Gasteiger partial charge >= 0.3 is 0 Å². The molecule has 0 aromatic carbocycles. The van der Waals surface area contributed by atoms with Crippen LogP contribution in [0.5, 0.6) is 0 Å². The molecule has 0 aromatic heterocycles. The van der Waals surface area contributed by atoms with Crippen LogP contribution >= 0.6 is 0 Å². The first-order valence-electron chi connectivity index (χ1n) is 7.92. The molecule has 4 nitrogen and oxygen atoms in total. The van der Waals surface area contributed by atoms with Crippen LogP contribution in [0.15, 0.2) is 0 Å². The first-order chi connectivity index (χ1) is 9.34. The van der Waals surface area contributed by atoms with Gasteiger partial charge in [-0.3, -0.25) is 4.79 Å². The quantitative estimate of drug-likeness (QED) is 0.748. The standard InChI is InChI=1S/C15H28N2O2/c18-15(17-14-5-3-1-2-4-6-14)12-19-11-13-7-9-16-10-8-13/h13-14,16H,1-12H2,(H,17,18). The molecule has 2 aliphatic rings. The van der Waals surface area contributed by atoms with Crippen LogP contribution in [0, 0.1) is 5.92 Å². The van der Waals surface area contributed by atoms with E-state index in [1.165, 1.54) is 38.5 Å². The minimum atomic E-state index is 0.0702. The van der Waals surface area contributed by atoms with Gasteiger partial charge in [0.1, 0.15) is 6.61 Å². The van der Waals surface area contributed by atoms with Crippen molar-refractivity contribution in [2.75, 3.05) is 26.3 Å². The fourth-order valence-electron chi connectivity index (χ4n) is 3.06. The maximum Gasteiger partial charge on any atom is 0.246 e. The maximum absolute atomic E-state index is 11.8. The van der Waals surface area contributed by atoms with Gasteiger partial charge in [0.15, 0.2) is 0 Å². The molecule has 0 spiro atoms. The van der Waals surface area contributed by atoms with E-state index in [-0.39, 0.29) is 12.5 Å². The molecular weight excluding hydrogens is 240 g/mol. The van der Waals surface area contributed by atoms with Crippen LogP contribution in [-0.2, 0) is 9.53 Å². The average molecular weight is 268 g/mol. The molecule has 1 saturated carbocycles. The summed E-state index contributed by atoms with van der Waals surface area (Å²) in [7, 11) is 0. The number of nitrogens with one attached hydrogen (secondary N) is 2. The normalized spacial score (nSPS) is 22.9. The highest BCUT2D eigenvalue weighted by Gasteiger charge is 2.16. The summed E-state index contributed by atoms with van der Waals surface area (Å²) in [5.41, 5.74) is 0. The smallest absolute Gasteiger partial charge is 0.246 e. The topological polar surface area (TPSA) is 50.4 Å². The van der Waals surface area contributed by atoms with E-state index in [4.69, 9.17) is 4.74 Å². The molecule has 0 aromatic rings. The molecule has 110 valence electrons. The first kappa shape index (κ1) is 14.8. The summed E-state index contributed by atoms with van der Waals surface area (Å²) < 4.78 is 5.57. The van der Waals surface area contributed by atoms with Gasteiger partial charge in [0, 0.05) is 6.04 Å². The summed E-state index contributed by atoms with van der Waals surface area (Å²) in [6, 6.07) is 0.387. The molecule has 1 saturated heterocycles. The molecule has 1 amide bonds. The largest absolute Gasteiger partial charge is 0.371 e. The van der Waals surface area contributed by atoms with E-state index in [9.17, 15) is 4.79 Å². The van der Waals surface area contributed by atoms with Crippen molar-refractivity contribution >= 4 is 5.91 Å². The molecule has 0 bridgehead atoms. The minimum absolute atomic E-state index is 0.0702. The van der Waals surface area contributed by atoms with Gasteiger partial charge in [0.25, 0.3) is 0 Å². The molecular formula is C15H28N2O2. The van der Waals surface area contributed by atoms with Crippen LogP contribution in [0.25, 0.3) is 0 Å². The van der Waals surface area contributed by atoms with Crippen molar-refractivity contribution in [1.82, 2.24) is 10.6 Å². The lowest BCUT2D eigenvalue weighted by Gasteiger charge is -2.22. The highest BCUT2D eigenvalue weighted by atomic mass is 16.5. The van der Waals surface area contributed by atoms with Gasteiger partial charge in [-0.1, -0.05) is 25.7 Å². The van der Waals surface area contributed by atoms with E-state index in [1.54, 1.807) is 0 Å². The third-order valence-corrected chi connectivity index (χ3v) is 4.27. The lowest BCUT2D eigenvalue weighted by molar-refractivity contribution is -0.127. The van der Waals surface area contributed by atoms with Gasteiger partial charge < -0.3 is 15.4 Å². The lowest BCUT2D eigenvalue weighted by Crippen LogP contribution is -2.37. The maximum atomic E-state index is 11.8. The van der Waals surface area contributed by atoms with Gasteiger partial charge in [0.2, 0.25) is 5.91 Å². The molecule has 2 N–H and O–H groups in total. The van der Waals surface area contributed by atoms with E-state index >= 15 is 0 Å². The summed E-state index contributed by atoms with van der Waals surface area (Å²) in [6.45, 7) is 3.14. The summed E-state index contributed by atoms with van der Waals surface area (Å²) in [6.07, 6.45) is 9.76. The Hall–Kier alpha value is -0.610. The average Bonchev–Trinajstić information content (AvgIpc) is 2.68. The highest BCUT2D eigenvalue weighted by Crippen LogP contribution is 2.17. The van der Waals surface area contributed by atoms with Crippen LogP contribution < -0.4 is 10.6 Å². The number of rotatable bonds is 5. The second-order valence-electron chi connectivity index (χ2n) is 5.96. The molecule has 1 heterocycles. The Morgan fingerprint density at radius 2 is 1.74 bits per heavy atom. The number of carbonyl (C=O) groups is 1. The lowest BCUT2D eigenvalue weighted by atomic mass is 9.99. The summed E-state index contributed by atoms with van der Waals surface area (Å²) >= 11 is 0. The minimum Gasteiger partial charge on any atom is -0.371 e. The van der Waals surface area contributed by atoms with Crippen LogP contribution in [0.3, 0.4) is 0 Å². The zero-order valence-electron chi connectivity index (χ0n) is 12.0. The zero-order chi connectivity index (χ0) is 13.3. The Kier molecular flexibility index (Phi) is 6.65. The number of piperidine rings is 1. The molecule has 2 rings (SSSR count). The number of amides is 1. The Morgan fingerprint density at radius 1 is 1.05 bits per heavy atom. The van der Waals surface area contributed by atoms with E-state index in [0.717, 1.165) is 32.5 Å². The van der Waals surface area contributed by atoms with Crippen molar-refractivity contribution in [2.24, 2.45) is 5.92 Å². The molecule has 4 heteroatoms. The van der Waals surface area contributed by atoms with Gasteiger partial charge in [-0.2, -0.15) is 0 Å². The van der Waals surface area contributed by atoms with E-state index in [2.05, 4.69) is 10.6 Å². The van der Waals surface area contributed by atoms with Crippen LogP contribution in [-0.4, -0.2) is 38.3 Å². The number of hydrogen-bond acceptors (Lipinski definition) is 3. The van der Waals surface area contributed by atoms with E-state index in [1.807, 2.05) is 0 Å². The third kappa shape index (κ3) is 5.91. The fraction of sp³-hybridized carbons (Fsp3) is 0.933. The van der Waals surface area contributed by atoms with Crippen LogP contribution in [0.2, 0.25) is 0 Å². The Labute approximate surface area is 116 Å². The van der Waals surface area contributed by atoms with Crippen molar-refractivity contribution < 1.29 is 9.53 Å². The molecule has 0 unspecified atom stereocenters. The summed E-state index contributed by atoms with van der Waals surface area (Å²) in [5.74, 6) is 0.702. The Balaban J connectivity index is 1.55. The second-order valence-corrected chi connectivity index (χ2v) is 5.96. The van der Waals surface area contributed by atoms with Gasteiger partial charge in [-0.25, -0.2) is 0 Å². The molecule has 0 radical (unpaired) electrons. The summed E-state index contributed by atoms with van der Waals surface area (Å²) in [5, 5.41) is 6.46. The Bertz CT molecular complexity index is 257. The highest BCUT2D eigenvalue weighted by molar-refractivity contribution is 5.77. The van der Waals surface area contributed by atoms with Crippen molar-refractivity contribution in [1.29, 1.82) is 0 Å². The fourth-order valence-corrected chi connectivity index (χ4v) is 3.06. The number of hydrogen-bond donors (Lipinski definition) is 2. The first-order valence-corrected chi connectivity index (χ1v) is 7.92. The molecule has 2 fully saturated rings. The molecule has 0 atom stereocenters. The van der Waals surface area contributed by atoms with Crippen LogP contribution in [0.1, 0.15) is 51.4 Å². The number of ether oxygens (including phenoxy) is 1. The van der Waals surface area contributed by atoms with E-state index in [0.29, 0.717) is 12.0 Å². The number of carbonyl (C=O) groups excluding carboxylic acids is 1. The second kappa shape index (κ2) is 8.54. The Morgan fingerprint density at radius 3 is 2.42 bits per heavy atom. The predicted octanol–water partition coefficient (Wildman–Crippen LogP) is 1.84. The van der Waals surface area contributed by atoms with Crippen molar-refractivity contribution in [3.8, 4) is 0 Å². The van der Waals surface area contributed by atoms with Crippen LogP contribution in [0.4, 0.5) is 0 Å². The molecule has 1 aliphatic heterocycles. The van der Waals surface area contributed by atoms with E-state index < -0.39 is 0 Å². The monoisotopic (exact) mass is 268 g/mol. The van der Waals surface area contributed by atoms with Gasteiger partial charge in [-0.05, 0) is 44.7 Å². The summed E-state index contributed by atoms with van der Waals surface area (Å²) in [4.78, 5) is 11.8.